The molecule has 1 aromatic carbocycles. The molecule has 1 aliphatic heterocycles. The number of alkyl halides is 6. The number of anilines is 1. The van der Waals surface area contributed by atoms with E-state index in [4.69, 9.17) is 5.73 Å². The molecule has 154 valence electrons. The maximum atomic E-state index is 12.6. The molecule has 0 bridgehead atoms. The van der Waals surface area contributed by atoms with Gasteiger partial charge < -0.3 is 15.2 Å². The van der Waals surface area contributed by atoms with Crippen molar-refractivity contribution in [2.24, 2.45) is 0 Å². The lowest BCUT2D eigenvalue weighted by atomic mass is 10.1. The monoisotopic (exact) mass is 423 g/mol. The second-order valence-electron chi connectivity index (χ2n) is 5.50. The standard InChI is InChI=1S/C15H7F6N3O5/c16-14(17,18)28-7-2-1-5(3-8(7)29-15(19,20)21)24-9(25)4-6-10(11(24)22)13(27)23-12(6)26/h1-4H,22H2,(H,23,26,27). The van der Waals surface area contributed by atoms with Crippen LogP contribution in [0.1, 0.15) is 20.7 Å². The first-order valence-electron chi connectivity index (χ1n) is 7.34. The summed E-state index contributed by atoms with van der Waals surface area (Å²) < 4.78 is 82.6. The van der Waals surface area contributed by atoms with E-state index in [0.29, 0.717) is 22.8 Å². The van der Waals surface area contributed by atoms with Crippen LogP contribution in [0.3, 0.4) is 0 Å². The molecule has 2 aromatic rings. The SMILES string of the molecule is Nc1c2c(cc(=O)n1-c1ccc(OC(F)(F)F)c(OC(F)(F)F)c1)C(=O)NC2=O. The van der Waals surface area contributed by atoms with E-state index < -0.39 is 58.7 Å². The lowest BCUT2D eigenvalue weighted by Crippen LogP contribution is -2.25. The molecule has 2 heterocycles. The van der Waals surface area contributed by atoms with Crippen molar-refractivity contribution in [3.63, 3.8) is 0 Å². The molecular weight excluding hydrogens is 416 g/mol. The first kappa shape index (κ1) is 20.0. The van der Waals surface area contributed by atoms with Gasteiger partial charge in [0.2, 0.25) is 0 Å². The highest BCUT2D eigenvalue weighted by Crippen LogP contribution is 2.37. The molecule has 0 unspecified atom stereocenters. The number of nitrogens with two attached hydrogens (primary N) is 1. The lowest BCUT2D eigenvalue weighted by molar-refractivity contribution is -0.287. The van der Waals surface area contributed by atoms with Crippen molar-refractivity contribution in [3.8, 4) is 17.2 Å². The Hall–Kier alpha value is -3.71. The molecule has 0 saturated heterocycles. The van der Waals surface area contributed by atoms with Crippen LogP contribution in [0.15, 0.2) is 29.1 Å². The van der Waals surface area contributed by atoms with E-state index in [1.165, 1.54) is 0 Å². The average molecular weight is 423 g/mol. The molecule has 3 N–H and O–H groups in total. The molecule has 0 fully saturated rings. The average Bonchev–Trinajstić information content (AvgIpc) is 2.81. The van der Waals surface area contributed by atoms with Crippen LogP contribution < -0.4 is 26.1 Å². The van der Waals surface area contributed by atoms with Crippen molar-refractivity contribution in [3.05, 3.63) is 45.7 Å². The molecule has 1 aliphatic rings. The van der Waals surface area contributed by atoms with Crippen molar-refractivity contribution < 1.29 is 45.4 Å². The molecule has 2 amide bonds. The number of amides is 2. The van der Waals surface area contributed by atoms with Gasteiger partial charge in [-0.15, -0.1) is 26.3 Å². The normalized spacial score (nSPS) is 13.9. The molecule has 0 atom stereocenters. The third-order valence-corrected chi connectivity index (χ3v) is 3.59. The van der Waals surface area contributed by atoms with Gasteiger partial charge in [0, 0.05) is 12.1 Å². The maximum Gasteiger partial charge on any atom is 0.573 e. The number of fused-ring (bicyclic) bond motifs is 1. The number of hydrogen-bond acceptors (Lipinski definition) is 6. The fourth-order valence-corrected chi connectivity index (χ4v) is 2.59. The number of nitrogens with one attached hydrogen (secondary N) is 1. The predicted octanol–water partition coefficient (Wildman–Crippen LogP) is 2.10. The number of carbonyl (C=O) groups is 2. The number of pyridine rings is 1. The Balaban J connectivity index is 2.19. The Kier molecular flexibility index (Phi) is 4.44. The highest BCUT2D eigenvalue weighted by Gasteiger charge is 2.37. The van der Waals surface area contributed by atoms with Gasteiger partial charge in [0.15, 0.2) is 11.5 Å². The second-order valence-corrected chi connectivity index (χ2v) is 5.50. The van der Waals surface area contributed by atoms with Gasteiger partial charge in [-0.25, -0.2) is 0 Å². The van der Waals surface area contributed by atoms with Gasteiger partial charge in [-0.05, 0) is 12.1 Å². The Labute approximate surface area is 155 Å². The molecule has 0 spiro atoms. The summed E-state index contributed by atoms with van der Waals surface area (Å²) in [5.41, 5.74) is 3.44. The van der Waals surface area contributed by atoms with E-state index in [-0.39, 0.29) is 5.56 Å². The van der Waals surface area contributed by atoms with Gasteiger partial charge in [0.1, 0.15) is 5.82 Å². The molecule has 29 heavy (non-hydrogen) atoms. The van der Waals surface area contributed by atoms with Crippen LogP contribution in [-0.4, -0.2) is 29.1 Å². The van der Waals surface area contributed by atoms with Crippen molar-refractivity contribution >= 4 is 17.6 Å². The largest absolute Gasteiger partial charge is 0.573 e. The van der Waals surface area contributed by atoms with Gasteiger partial charge >= 0.3 is 12.7 Å². The van der Waals surface area contributed by atoms with Crippen LogP contribution >= 0.6 is 0 Å². The van der Waals surface area contributed by atoms with Crippen molar-refractivity contribution in [1.82, 2.24) is 9.88 Å². The minimum absolute atomic E-state index is 0.350. The molecule has 0 aliphatic carbocycles. The Bertz CT molecular complexity index is 1090. The zero-order valence-corrected chi connectivity index (χ0v) is 13.6. The summed E-state index contributed by atoms with van der Waals surface area (Å²) in [6.07, 6.45) is -10.7. The first-order chi connectivity index (χ1) is 13.3. The van der Waals surface area contributed by atoms with Crippen molar-refractivity contribution in [2.75, 3.05) is 5.73 Å². The summed E-state index contributed by atoms with van der Waals surface area (Å²) in [4.78, 5) is 35.7. The number of ether oxygens (including phenoxy) is 2. The fourth-order valence-electron chi connectivity index (χ4n) is 2.59. The van der Waals surface area contributed by atoms with E-state index in [1.807, 2.05) is 5.32 Å². The zero-order valence-electron chi connectivity index (χ0n) is 13.6. The van der Waals surface area contributed by atoms with E-state index in [1.54, 1.807) is 0 Å². The summed E-state index contributed by atoms with van der Waals surface area (Å²) in [6, 6.07) is 2.36. The topological polar surface area (TPSA) is 113 Å². The molecule has 0 saturated carbocycles. The highest BCUT2D eigenvalue weighted by molar-refractivity contribution is 6.23. The quantitative estimate of drug-likeness (QED) is 0.578. The highest BCUT2D eigenvalue weighted by atomic mass is 19.4. The molecular formula is C15H7F6N3O5. The van der Waals surface area contributed by atoms with Gasteiger partial charge in [-0.2, -0.15) is 0 Å². The Morgan fingerprint density at radius 1 is 0.862 bits per heavy atom. The van der Waals surface area contributed by atoms with Crippen LogP contribution in [0.5, 0.6) is 11.5 Å². The Morgan fingerprint density at radius 3 is 2.03 bits per heavy atom. The van der Waals surface area contributed by atoms with Crippen LogP contribution in [0.4, 0.5) is 32.2 Å². The zero-order chi connectivity index (χ0) is 21.7. The number of imide groups is 1. The summed E-state index contributed by atoms with van der Waals surface area (Å²) in [5.74, 6) is -5.23. The van der Waals surface area contributed by atoms with Gasteiger partial charge in [-0.1, -0.05) is 0 Å². The van der Waals surface area contributed by atoms with Crippen LogP contribution in [0, 0.1) is 0 Å². The Morgan fingerprint density at radius 2 is 1.45 bits per heavy atom. The molecule has 8 nitrogen and oxygen atoms in total. The third kappa shape index (κ3) is 3.95. The first-order valence-corrected chi connectivity index (χ1v) is 7.34. The summed E-state index contributed by atoms with van der Waals surface area (Å²) in [7, 11) is 0. The van der Waals surface area contributed by atoms with Crippen molar-refractivity contribution in [2.45, 2.75) is 12.7 Å². The number of aromatic nitrogens is 1. The van der Waals surface area contributed by atoms with E-state index in [2.05, 4.69) is 9.47 Å². The maximum absolute atomic E-state index is 12.6. The van der Waals surface area contributed by atoms with Gasteiger partial charge in [0.25, 0.3) is 17.4 Å². The minimum atomic E-state index is -5.39. The molecule has 3 rings (SSSR count). The van der Waals surface area contributed by atoms with Crippen LogP contribution in [-0.2, 0) is 0 Å². The molecule has 14 heteroatoms. The smallest absolute Gasteiger partial charge is 0.402 e. The summed E-state index contributed by atoms with van der Waals surface area (Å²) in [5, 5.41) is 1.88. The van der Waals surface area contributed by atoms with Gasteiger partial charge in [-0.3, -0.25) is 24.3 Å². The molecule has 0 radical (unpaired) electrons. The number of hydrogen-bond donors (Lipinski definition) is 2. The number of carbonyl (C=O) groups excluding carboxylic acids is 2. The van der Waals surface area contributed by atoms with E-state index >= 15 is 0 Å². The van der Waals surface area contributed by atoms with E-state index in [9.17, 15) is 40.7 Å². The van der Waals surface area contributed by atoms with Crippen molar-refractivity contribution in [1.29, 1.82) is 0 Å². The number of rotatable bonds is 3. The van der Waals surface area contributed by atoms with E-state index in [0.717, 1.165) is 6.07 Å². The number of nitrogen functional groups attached to an aromatic ring is 1. The van der Waals surface area contributed by atoms with Gasteiger partial charge in [0.05, 0.1) is 16.8 Å². The molecule has 1 aromatic heterocycles. The van der Waals surface area contributed by atoms with Crippen LogP contribution in [0.2, 0.25) is 0 Å². The third-order valence-electron chi connectivity index (χ3n) is 3.59. The second kappa shape index (κ2) is 6.42. The number of nitrogens with zero attached hydrogens (tertiary/aromatic N) is 1. The fraction of sp³-hybridized carbons (Fsp3) is 0.133. The lowest BCUT2D eigenvalue weighted by Gasteiger charge is -2.18. The summed E-state index contributed by atoms with van der Waals surface area (Å²) >= 11 is 0. The summed E-state index contributed by atoms with van der Waals surface area (Å²) in [6.45, 7) is 0. The number of halogens is 6. The van der Waals surface area contributed by atoms with Crippen LogP contribution in [0.25, 0.3) is 5.69 Å². The predicted molar refractivity (Wildman–Crippen MR) is 81.6 cm³/mol. The minimum Gasteiger partial charge on any atom is -0.402 e. The number of benzene rings is 1.